The molecule has 0 bridgehead atoms. The molecule has 4 nitrogen and oxygen atoms in total. The van der Waals surface area contributed by atoms with E-state index in [0.717, 1.165) is 37.3 Å². The fourth-order valence-electron chi connectivity index (χ4n) is 2.59. The summed E-state index contributed by atoms with van der Waals surface area (Å²) in [4.78, 5) is 14.4. The molecule has 20 heavy (non-hydrogen) atoms. The van der Waals surface area contributed by atoms with E-state index in [2.05, 4.69) is 51.1 Å². The van der Waals surface area contributed by atoms with Crippen LogP contribution >= 0.6 is 22.6 Å². The Hall–Kier alpha value is -0.660. The number of benzene rings is 1. The first-order valence-electron chi connectivity index (χ1n) is 7.11. The zero-order valence-corrected chi connectivity index (χ0v) is 14.2. The first-order valence-corrected chi connectivity index (χ1v) is 8.18. The molecule has 1 aliphatic rings. The zero-order chi connectivity index (χ0) is 14.5. The summed E-state index contributed by atoms with van der Waals surface area (Å²) < 4.78 is 1.19. The van der Waals surface area contributed by atoms with Crippen LogP contribution in [-0.2, 0) is 4.79 Å². The highest BCUT2D eigenvalue weighted by atomic mass is 127. The summed E-state index contributed by atoms with van der Waals surface area (Å²) in [5, 5.41) is 6.37. The number of nitrogens with one attached hydrogen (secondary N) is 2. The molecule has 2 N–H and O–H groups in total. The number of carbonyl (C=O) groups is 1. The number of carbonyl (C=O) groups excluding carboxylic acids is 1. The summed E-state index contributed by atoms with van der Waals surface area (Å²) in [6.45, 7) is 7.56. The van der Waals surface area contributed by atoms with Gasteiger partial charge in [0.05, 0.1) is 6.54 Å². The number of halogens is 1. The minimum atomic E-state index is 0.0723. The Labute approximate surface area is 134 Å². The number of amides is 1. The number of likely N-dealkylation sites (N-methyl/N-ethyl adjacent to an activating group) is 1. The van der Waals surface area contributed by atoms with Crippen LogP contribution in [0.15, 0.2) is 18.2 Å². The third kappa shape index (κ3) is 4.17. The Morgan fingerprint density at radius 1 is 1.55 bits per heavy atom. The van der Waals surface area contributed by atoms with E-state index in [-0.39, 0.29) is 5.91 Å². The zero-order valence-electron chi connectivity index (χ0n) is 12.1. The second-order valence-corrected chi connectivity index (χ2v) is 6.46. The summed E-state index contributed by atoms with van der Waals surface area (Å²) in [7, 11) is 0. The lowest BCUT2D eigenvalue weighted by atomic mass is 10.2. The molecule has 1 saturated heterocycles. The third-order valence-corrected chi connectivity index (χ3v) is 4.44. The molecule has 0 aromatic heterocycles. The van der Waals surface area contributed by atoms with Crippen molar-refractivity contribution in [3.05, 3.63) is 27.3 Å². The van der Waals surface area contributed by atoms with Gasteiger partial charge < -0.3 is 10.6 Å². The quantitative estimate of drug-likeness (QED) is 0.762. The molecule has 1 amide bonds. The Bertz CT molecular complexity index is 472. The van der Waals surface area contributed by atoms with Crippen molar-refractivity contribution in [2.45, 2.75) is 26.3 Å². The van der Waals surface area contributed by atoms with Crippen molar-refractivity contribution < 1.29 is 4.79 Å². The maximum Gasteiger partial charge on any atom is 0.238 e. The fourth-order valence-corrected chi connectivity index (χ4v) is 3.24. The Morgan fingerprint density at radius 3 is 2.95 bits per heavy atom. The van der Waals surface area contributed by atoms with Crippen molar-refractivity contribution in [1.29, 1.82) is 0 Å². The van der Waals surface area contributed by atoms with Crippen LogP contribution in [0.1, 0.15) is 18.9 Å². The lowest BCUT2D eigenvalue weighted by molar-refractivity contribution is -0.117. The van der Waals surface area contributed by atoms with Gasteiger partial charge in [0.15, 0.2) is 0 Å². The van der Waals surface area contributed by atoms with Gasteiger partial charge in [-0.1, -0.05) is 6.92 Å². The van der Waals surface area contributed by atoms with Gasteiger partial charge in [0.1, 0.15) is 0 Å². The number of rotatable bonds is 5. The topological polar surface area (TPSA) is 44.4 Å². The molecule has 2 rings (SSSR count). The molecule has 1 fully saturated rings. The number of hydrogen-bond acceptors (Lipinski definition) is 3. The molecule has 110 valence electrons. The van der Waals surface area contributed by atoms with Gasteiger partial charge in [0, 0.05) is 21.8 Å². The van der Waals surface area contributed by atoms with Crippen LogP contribution in [0, 0.1) is 10.5 Å². The molecule has 5 heteroatoms. The normalized spacial score (nSPS) is 18.5. The van der Waals surface area contributed by atoms with Gasteiger partial charge in [-0.25, -0.2) is 0 Å². The van der Waals surface area contributed by atoms with Crippen molar-refractivity contribution in [1.82, 2.24) is 10.2 Å². The Morgan fingerprint density at radius 2 is 2.35 bits per heavy atom. The summed E-state index contributed by atoms with van der Waals surface area (Å²) in [5.41, 5.74) is 2.02. The first-order chi connectivity index (χ1) is 9.60. The van der Waals surface area contributed by atoms with Gasteiger partial charge in [-0.15, -0.1) is 0 Å². The Balaban J connectivity index is 1.93. The molecule has 1 heterocycles. The van der Waals surface area contributed by atoms with Crippen LogP contribution in [0.3, 0.4) is 0 Å². The van der Waals surface area contributed by atoms with E-state index < -0.39 is 0 Å². The molecular weight excluding hydrogens is 365 g/mol. The van der Waals surface area contributed by atoms with Gasteiger partial charge in [0.25, 0.3) is 0 Å². The van der Waals surface area contributed by atoms with Crippen molar-refractivity contribution in [3.63, 3.8) is 0 Å². The monoisotopic (exact) mass is 387 g/mol. The van der Waals surface area contributed by atoms with Crippen LogP contribution in [0.25, 0.3) is 0 Å². The first kappa shape index (κ1) is 15.7. The molecular formula is C15H22IN3O. The molecule has 1 unspecified atom stereocenters. The predicted octanol–water partition coefficient (Wildman–Crippen LogP) is 2.22. The highest BCUT2D eigenvalue weighted by Crippen LogP contribution is 2.18. The highest BCUT2D eigenvalue weighted by Gasteiger charge is 2.22. The predicted molar refractivity (Wildman–Crippen MR) is 91.0 cm³/mol. The molecule has 1 aliphatic heterocycles. The second-order valence-electron chi connectivity index (χ2n) is 5.22. The summed E-state index contributed by atoms with van der Waals surface area (Å²) in [5.74, 6) is 0.0723. The van der Waals surface area contributed by atoms with Gasteiger partial charge in [-0.05, 0) is 72.8 Å². The van der Waals surface area contributed by atoms with Crippen LogP contribution in [-0.4, -0.2) is 43.0 Å². The van der Waals surface area contributed by atoms with Crippen molar-refractivity contribution in [3.8, 4) is 0 Å². The minimum absolute atomic E-state index is 0.0723. The van der Waals surface area contributed by atoms with Crippen LogP contribution < -0.4 is 10.6 Å². The van der Waals surface area contributed by atoms with Gasteiger partial charge >= 0.3 is 0 Å². The average Bonchev–Trinajstić information content (AvgIpc) is 2.93. The van der Waals surface area contributed by atoms with E-state index >= 15 is 0 Å². The lowest BCUT2D eigenvalue weighted by Crippen LogP contribution is -2.41. The summed E-state index contributed by atoms with van der Waals surface area (Å²) in [6, 6.07) is 6.56. The molecule has 0 radical (unpaired) electrons. The van der Waals surface area contributed by atoms with Gasteiger partial charge in [0.2, 0.25) is 5.91 Å². The van der Waals surface area contributed by atoms with Gasteiger partial charge in [-0.2, -0.15) is 0 Å². The average molecular weight is 387 g/mol. The molecule has 1 atom stereocenters. The third-order valence-electron chi connectivity index (χ3n) is 3.77. The maximum absolute atomic E-state index is 12.2. The van der Waals surface area contributed by atoms with E-state index in [4.69, 9.17) is 0 Å². The van der Waals surface area contributed by atoms with E-state index in [1.807, 2.05) is 19.1 Å². The van der Waals surface area contributed by atoms with Crippen LogP contribution in [0.5, 0.6) is 0 Å². The van der Waals surface area contributed by atoms with Gasteiger partial charge in [-0.3, -0.25) is 9.69 Å². The van der Waals surface area contributed by atoms with Crippen molar-refractivity contribution in [2.24, 2.45) is 0 Å². The summed E-state index contributed by atoms with van der Waals surface area (Å²) in [6.07, 6.45) is 1.13. The maximum atomic E-state index is 12.2. The standard InChI is InChI=1S/C15H22IN3O/c1-3-19(13-6-7-17-9-13)10-15(20)18-14-5-4-12(16)8-11(14)2/h4-5,8,13,17H,3,6-7,9-10H2,1-2H3,(H,18,20). The van der Waals surface area contributed by atoms with Crippen molar-refractivity contribution >= 4 is 34.2 Å². The van der Waals surface area contributed by atoms with Crippen molar-refractivity contribution in [2.75, 3.05) is 31.5 Å². The number of anilines is 1. The Kier molecular flexibility index (Phi) is 5.80. The number of hydrogen-bond donors (Lipinski definition) is 2. The lowest BCUT2D eigenvalue weighted by Gasteiger charge is -2.26. The number of nitrogens with zero attached hydrogens (tertiary/aromatic N) is 1. The van der Waals surface area contributed by atoms with Crippen LogP contribution in [0.2, 0.25) is 0 Å². The van der Waals surface area contributed by atoms with E-state index in [1.54, 1.807) is 0 Å². The van der Waals surface area contributed by atoms with Crippen LogP contribution in [0.4, 0.5) is 5.69 Å². The minimum Gasteiger partial charge on any atom is -0.325 e. The van der Waals surface area contributed by atoms with E-state index in [9.17, 15) is 4.79 Å². The largest absolute Gasteiger partial charge is 0.325 e. The molecule has 0 aliphatic carbocycles. The van der Waals surface area contributed by atoms with E-state index in [1.165, 1.54) is 3.57 Å². The molecule has 0 spiro atoms. The fraction of sp³-hybridized carbons (Fsp3) is 0.533. The highest BCUT2D eigenvalue weighted by molar-refractivity contribution is 14.1. The smallest absolute Gasteiger partial charge is 0.238 e. The molecule has 1 aromatic carbocycles. The second kappa shape index (κ2) is 7.38. The molecule has 1 aromatic rings. The van der Waals surface area contributed by atoms with E-state index in [0.29, 0.717) is 12.6 Å². The number of aryl methyl sites for hydroxylation is 1. The molecule has 0 saturated carbocycles. The SMILES string of the molecule is CCN(CC(=O)Nc1ccc(I)cc1C)C1CCNC1. The summed E-state index contributed by atoms with van der Waals surface area (Å²) >= 11 is 2.28.